The lowest BCUT2D eigenvalue weighted by Crippen LogP contribution is -2.41. The maximum Gasteiger partial charge on any atom is 0.425 e. The van der Waals surface area contributed by atoms with Gasteiger partial charge in [-0.3, -0.25) is 0 Å². The van der Waals surface area contributed by atoms with Crippen LogP contribution in [0, 0.1) is 0 Å². The van der Waals surface area contributed by atoms with Crippen LogP contribution in [-0.4, -0.2) is 38.3 Å². The van der Waals surface area contributed by atoms with Crippen molar-refractivity contribution in [3.05, 3.63) is 0 Å². The van der Waals surface area contributed by atoms with Gasteiger partial charge in [-0.2, -0.15) is 13.2 Å². The maximum absolute atomic E-state index is 12.6. The summed E-state index contributed by atoms with van der Waals surface area (Å²) in [5.74, 6) is -1.42. The molecule has 0 amide bonds. The van der Waals surface area contributed by atoms with E-state index in [-0.39, 0.29) is 0 Å². The highest BCUT2D eigenvalue weighted by Gasteiger charge is 2.47. The first kappa shape index (κ1) is 19.2. The fraction of sp³-hybridized carbons (Fsp3) is 0.923. The van der Waals surface area contributed by atoms with Gasteiger partial charge in [0.1, 0.15) is 6.79 Å². The summed E-state index contributed by atoms with van der Waals surface area (Å²) in [5.41, 5.74) is 0. The van der Waals surface area contributed by atoms with E-state index in [0.717, 1.165) is 25.7 Å². The van der Waals surface area contributed by atoms with E-state index < -0.39 is 31.1 Å². The molecule has 0 aromatic carbocycles. The highest BCUT2D eigenvalue weighted by atomic mass is 19.4. The zero-order valence-corrected chi connectivity index (χ0v) is 12.2. The average Bonchev–Trinajstić information content (AvgIpc) is 2.33. The Balaban J connectivity index is 4.23. The van der Waals surface area contributed by atoms with Gasteiger partial charge in [-0.15, -0.1) is 0 Å². The third-order valence-corrected chi connectivity index (χ3v) is 2.65. The minimum atomic E-state index is -4.81. The molecule has 0 saturated carbocycles. The lowest BCUT2D eigenvalue weighted by atomic mass is 10.1. The molecule has 0 aliphatic rings. The first-order chi connectivity index (χ1) is 9.32. The van der Waals surface area contributed by atoms with Gasteiger partial charge in [0.25, 0.3) is 6.10 Å². The SMILES string of the molecule is CCCCCCC(C)OC(=O)[C@H](OCOC)C(F)(F)F. The number of carbonyl (C=O) groups is 1. The number of hydrogen-bond acceptors (Lipinski definition) is 4. The quantitative estimate of drug-likeness (QED) is 0.352. The maximum atomic E-state index is 12.6. The summed E-state index contributed by atoms with van der Waals surface area (Å²) in [6.45, 7) is 3.02. The van der Waals surface area contributed by atoms with Crippen molar-refractivity contribution in [2.24, 2.45) is 0 Å². The third-order valence-electron chi connectivity index (χ3n) is 2.65. The summed E-state index contributed by atoms with van der Waals surface area (Å²) < 4.78 is 51.3. The van der Waals surface area contributed by atoms with Crippen molar-refractivity contribution in [2.45, 2.75) is 64.3 Å². The van der Waals surface area contributed by atoms with Crippen LogP contribution in [0.4, 0.5) is 13.2 Å². The molecule has 4 nitrogen and oxygen atoms in total. The van der Waals surface area contributed by atoms with Crippen molar-refractivity contribution in [2.75, 3.05) is 13.9 Å². The van der Waals surface area contributed by atoms with Crippen LogP contribution in [-0.2, 0) is 19.0 Å². The second-order valence-corrected chi connectivity index (χ2v) is 4.59. The van der Waals surface area contributed by atoms with Crippen molar-refractivity contribution >= 4 is 5.97 Å². The number of ether oxygens (including phenoxy) is 3. The van der Waals surface area contributed by atoms with Crippen LogP contribution in [0.15, 0.2) is 0 Å². The summed E-state index contributed by atoms with van der Waals surface area (Å²) in [4.78, 5) is 11.5. The Hall–Kier alpha value is -0.820. The van der Waals surface area contributed by atoms with Gasteiger partial charge in [0.15, 0.2) is 0 Å². The molecule has 2 atom stereocenters. The predicted octanol–water partition coefficient (Wildman–Crippen LogP) is 3.44. The van der Waals surface area contributed by atoms with Crippen LogP contribution in [0.5, 0.6) is 0 Å². The summed E-state index contributed by atoms with van der Waals surface area (Å²) in [6, 6.07) is 0. The van der Waals surface area contributed by atoms with Gasteiger partial charge in [0.05, 0.1) is 6.10 Å². The lowest BCUT2D eigenvalue weighted by molar-refractivity contribution is -0.247. The third kappa shape index (κ3) is 8.37. The Morgan fingerprint density at radius 3 is 2.35 bits per heavy atom. The Labute approximate surface area is 117 Å². The molecule has 0 aromatic rings. The summed E-state index contributed by atoms with van der Waals surface area (Å²) in [6.07, 6.45) is -3.51. The fourth-order valence-corrected chi connectivity index (χ4v) is 1.61. The zero-order valence-electron chi connectivity index (χ0n) is 12.2. The predicted molar refractivity (Wildman–Crippen MR) is 67.1 cm³/mol. The number of methoxy groups -OCH3 is 1. The van der Waals surface area contributed by atoms with Gasteiger partial charge in [-0.1, -0.05) is 26.2 Å². The standard InChI is InChI=1S/C13H23F3O4/c1-4-5-6-7-8-10(2)20-12(17)11(13(14,15)16)19-9-18-3/h10-11H,4-9H2,1-3H3/t10?,11-/m0/s1. The monoisotopic (exact) mass is 300 g/mol. The van der Waals surface area contributed by atoms with Gasteiger partial charge in [0, 0.05) is 7.11 Å². The van der Waals surface area contributed by atoms with Crippen molar-refractivity contribution in [1.82, 2.24) is 0 Å². The minimum Gasteiger partial charge on any atom is -0.460 e. The van der Waals surface area contributed by atoms with Gasteiger partial charge >= 0.3 is 12.1 Å². The van der Waals surface area contributed by atoms with E-state index in [1.807, 2.05) is 0 Å². The fourth-order valence-electron chi connectivity index (χ4n) is 1.61. The van der Waals surface area contributed by atoms with E-state index in [4.69, 9.17) is 4.74 Å². The van der Waals surface area contributed by atoms with Gasteiger partial charge < -0.3 is 14.2 Å². The number of unbranched alkanes of at least 4 members (excludes halogenated alkanes) is 3. The summed E-state index contributed by atoms with van der Waals surface area (Å²) in [5, 5.41) is 0. The molecule has 0 saturated heterocycles. The molecule has 1 unspecified atom stereocenters. The highest BCUT2D eigenvalue weighted by molar-refractivity contribution is 5.75. The first-order valence-corrected chi connectivity index (χ1v) is 6.70. The molecule has 0 spiro atoms. The van der Waals surface area contributed by atoms with E-state index in [1.165, 1.54) is 7.11 Å². The van der Waals surface area contributed by atoms with E-state index >= 15 is 0 Å². The lowest BCUT2D eigenvalue weighted by Gasteiger charge is -2.21. The number of rotatable bonds is 10. The zero-order chi connectivity index (χ0) is 15.6. The first-order valence-electron chi connectivity index (χ1n) is 6.70. The van der Waals surface area contributed by atoms with Crippen LogP contribution in [0.2, 0.25) is 0 Å². The molecule has 0 radical (unpaired) electrons. The molecule has 0 aromatic heterocycles. The second-order valence-electron chi connectivity index (χ2n) is 4.59. The van der Waals surface area contributed by atoms with Crippen molar-refractivity contribution < 1.29 is 32.2 Å². The number of hydrogen-bond donors (Lipinski definition) is 0. The van der Waals surface area contributed by atoms with Crippen molar-refractivity contribution in [3.8, 4) is 0 Å². The van der Waals surface area contributed by atoms with Crippen molar-refractivity contribution in [3.63, 3.8) is 0 Å². The molecule has 7 heteroatoms. The minimum absolute atomic E-state index is 0.542. The molecular formula is C13H23F3O4. The number of carbonyl (C=O) groups excluding carboxylic acids is 1. The number of halogens is 3. The highest BCUT2D eigenvalue weighted by Crippen LogP contribution is 2.24. The number of esters is 1. The normalized spacial score (nSPS) is 14.9. The average molecular weight is 300 g/mol. The van der Waals surface area contributed by atoms with Crippen LogP contribution < -0.4 is 0 Å². The van der Waals surface area contributed by atoms with E-state index in [9.17, 15) is 18.0 Å². The largest absolute Gasteiger partial charge is 0.460 e. The molecule has 0 bridgehead atoms. The molecule has 0 N–H and O–H groups in total. The van der Waals surface area contributed by atoms with Crippen LogP contribution >= 0.6 is 0 Å². The Morgan fingerprint density at radius 2 is 1.85 bits per heavy atom. The summed E-state index contributed by atoms with van der Waals surface area (Å²) in [7, 11) is 1.18. The molecule has 120 valence electrons. The molecule has 20 heavy (non-hydrogen) atoms. The Bertz CT molecular complexity index is 269. The van der Waals surface area contributed by atoms with E-state index in [0.29, 0.717) is 6.42 Å². The number of alkyl halides is 3. The van der Waals surface area contributed by atoms with Gasteiger partial charge in [0.2, 0.25) is 0 Å². The topological polar surface area (TPSA) is 44.8 Å². The van der Waals surface area contributed by atoms with Gasteiger partial charge in [-0.05, 0) is 19.8 Å². The van der Waals surface area contributed by atoms with E-state index in [2.05, 4.69) is 16.4 Å². The van der Waals surface area contributed by atoms with Crippen LogP contribution in [0.25, 0.3) is 0 Å². The smallest absolute Gasteiger partial charge is 0.425 e. The Kier molecular flexibility index (Phi) is 9.58. The Morgan fingerprint density at radius 1 is 1.20 bits per heavy atom. The molecule has 0 heterocycles. The van der Waals surface area contributed by atoms with Gasteiger partial charge in [-0.25, -0.2) is 4.79 Å². The summed E-state index contributed by atoms with van der Waals surface area (Å²) >= 11 is 0. The molecule has 0 fully saturated rings. The van der Waals surface area contributed by atoms with Crippen LogP contribution in [0.1, 0.15) is 46.0 Å². The molecule has 0 aliphatic carbocycles. The molecule has 0 rings (SSSR count). The van der Waals surface area contributed by atoms with Crippen molar-refractivity contribution in [1.29, 1.82) is 0 Å². The van der Waals surface area contributed by atoms with E-state index in [1.54, 1.807) is 6.92 Å². The van der Waals surface area contributed by atoms with Crippen LogP contribution in [0.3, 0.4) is 0 Å². The molecular weight excluding hydrogens is 277 g/mol. The molecule has 0 aliphatic heterocycles. The second kappa shape index (κ2) is 9.99.